The third kappa shape index (κ3) is 11.6. The molecule has 1 saturated carbocycles. The molecule has 2 rings (SSSR count). The van der Waals surface area contributed by atoms with Crippen molar-refractivity contribution < 1.29 is 14.3 Å². The van der Waals surface area contributed by atoms with Crippen molar-refractivity contribution in [2.75, 3.05) is 6.61 Å². The highest BCUT2D eigenvalue weighted by Gasteiger charge is 2.38. The fraction of sp³-hybridized carbons (Fsp3) is 0.962. The minimum atomic E-state index is -0.492. The van der Waals surface area contributed by atoms with Crippen LogP contribution >= 0.6 is 0 Å². The Morgan fingerprint density at radius 2 is 1.30 bits per heavy atom. The van der Waals surface area contributed by atoms with E-state index < -0.39 is 6.16 Å². The van der Waals surface area contributed by atoms with E-state index in [9.17, 15) is 4.79 Å². The van der Waals surface area contributed by atoms with E-state index in [1.54, 1.807) is 0 Å². The lowest BCUT2D eigenvalue weighted by molar-refractivity contribution is 0.0150. The maximum Gasteiger partial charge on any atom is 0.509 e. The van der Waals surface area contributed by atoms with Crippen LogP contribution in [0.5, 0.6) is 0 Å². The van der Waals surface area contributed by atoms with Crippen LogP contribution in [0.25, 0.3) is 0 Å². The van der Waals surface area contributed by atoms with Gasteiger partial charge in [-0.1, -0.05) is 110 Å². The number of hydrogen-bond donors (Lipinski definition) is 1. The van der Waals surface area contributed by atoms with E-state index in [2.05, 4.69) is 12.2 Å². The van der Waals surface area contributed by atoms with Gasteiger partial charge in [0.1, 0.15) is 0 Å². The molecule has 4 nitrogen and oxygen atoms in total. The largest absolute Gasteiger partial charge is 0.509 e. The molecule has 1 aliphatic heterocycles. The zero-order valence-corrected chi connectivity index (χ0v) is 19.8. The van der Waals surface area contributed by atoms with Crippen molar-refractivity contribution in [3.05, 3.63) is 0 Å². The normalized spacial score (nSPS) is 22.9. The predicted octanol–water partition coefficient (Wildman–Crippen LogP) is 7.89. The van der Waals surface area contributed by atoms with Crippen molar-refractivity contribution in [2.24, 2.45) is 5.92 Å². The van der Waals surface area contributed by atoms with Gasteiger partial charge in [0.15, 0.2) is 6.23 Å². The Hall–Kier alpha value is -0.770. The van der Waals surface area contributed by atoms with Crippen LogP contribution in [-0.2, 0) is 9.47 Å². The molecule has 4 heteroatoms. The first kappa shape index (κ1) is 25.5. The first-order valence-electron chi connectivity index (χ1n) is 13.4. The molecule has 0 aromatic heterocycles. The summed E-state index contributed by atoms with van der Waals surface area (Å²) in [5, 5.41) is 3.42. The summed E-state index contributed by atoms with van der Waals surface area (Å²) in [6, 6.07) is 0.558. The molecule has 0 aromatic carbocycles. The van der Waals surface area contributed by atoms with Crippen LogP contribution in [0.2, 0.25) is 0 Å². The van der Waals surface area contributed by atoms with Gasteiger partial charge in [-0.3, -0.25) is 5.32 Å². The first-order valence-corrected chi connectivity index (χ1v) is 13.4. The zero-order chi connectivity index (χ0) is 21.3. The zero-order valence-electron chi connectivity index (χ0n) is 19.8. The van der Waals surface area contributed by atoms with E-state index in [1.807, 2.05) is 0 Å². The second-order valence-corrected chi connectivity index (χ2v) is 9.71. The third-order valence-corrected chi connectivity index (χ3v) is 7.03. The SMILES string of the molecule is CCCCCCCCCCCCCCCCCCOC(=O)OC1C[C@H]2CCC[C@H]2N1. The topological polar surface area (TPSA) is 47.6 Å². The minimum absolute atomic E-state index is 0.126. The number of unbranched alkanes of at least 4 members (excludes halogenated alkanes) is 15. The van der Waals surface area contributed by atoms with Gasteiger partial charge in [-0.2, -0.15) is 0 Å². The molecule has 2 aliphatic rings. The molecule has 1 unspecified atom stereocenters. The Labute approximate surface area is 186 Å². The van der Waals surface area contributed by atoms with Crippen LogP contribution in [-0.4, -0.2) is 25.0 Å². The Balaban J connectivity index is 1.25. The first-order chi connectivity index (χ1) is 14.8. The molecule has 1 saturated heterocycles. The number of rotatable bonds is 18. The second-order valence-electron chi connectivity index (χ2n) is 9.71. The van der Waals surface area contributed by atoms with Crippen molar-refractivity contribution in [3.63, 3.8) is 0 Å². The van der Waals surface area contributed by atoms with Crippen LogP contribution in [0, 0.1) is 5.92 Å². The highest BCUT2D eigenvalue weighted by molar-refractivity contribution is 5.60. The summed E-state index contributed by atoms with van der Waals surface area (Å²) in [5.41, 5.74) is 0. The average Bonchev–Trinajstić information content (AvgIpc) is 3.32. The number of carbonyl (C=O) groups excluding carboxylic acids is 1. The second kappa shape index (κ2) is 16.9. The van der Waals surface area contributed by atoms with Gasteiger partial charge in [-0.25, -0.2) is 4.79 Å². The lowest BCUT2D eigenvalue weighted by atomic mass is 10.0. The maximum atomic E-state index is 11.8. The monoisotopic (exact) mass is 423 g/mol. The number of nitrogens with one attached hydrogen (secondary N) is 1. The molecule has 1 aliphatic carbocycles. The highest BCUT2D eigenvalue weighted by Crippen LogP contribution is 2.34. The smallest absolute Gasteiger partial charge is 0.434 e. The number of ether oxygens (including phenoxy) is 2. The molecular formula is C26H49NO3. The van der Waals surface area contributed by atoms with Crippen molar-refractivity contribution in [1.82, 2.24) is 5.32 Å². The molecule has 0 aromatic rings. The maximum absolute atomic E-state index is 11.8. The summed E-state index contributed by atoms with van der Waals surface area (Å²) in [6.07, 6.45) is 25.8. The standard InChI is InChI=1S/C26H49NO3/c1-2-3-4-5-6-7-8-9-10-11-12-13-14-15-16-17-21-29-26(28)30-25-22-23-19-18-20-24(23)27-25/h23-25,27H,2-22H2,1H3/t23-,24-,25?/m1/s1. The molecular weight excluding hydrogens is 374 g/mol. The van der Waals surface area contributed by atoms with E-state index in [-0.39, 0.29) is 6.23 Å². The van der Waals surface area contributed by atoms with Crippen LogP contribution < -0.4 is 5.32 Å². The minimum Gasteiger partial charge on any atom is -0.434 e. The van der Waals surface area contributed by atoms with Gasteiger partial charge in [0, 0.05) is 12.5 Å². The highest BCUT2D eigenvalue weighted by atomic mass is 16.7. The van der Waals surface area contributed by atoms with E-state index >= 15 is 0 Å². The molecule has 2 fully saturated rings. The van der Waals surface area contributed by atoms with Crippen LogP contribution in [0.4, 0.5) is 4.79 Å². The fourth-order valence-corrected chi connectivity index (χ4v) is 5.16. The van der Waals surface area contributed by atoms with Gasteiger partial charge in [0.25, 0.3) is 0 Å². The molecule has 0 radical (unpaired) electrons. The van der Waals surface area contributed by atoms with E-state index in [0.29, 0.717) is 18.6 Å². The third-order valence-electron chi connectivity index (χ3n) is 7.03. The van der Waals surface area contributed by atoms with Gasteiger partial charge in [-0.15, -0.1) is 0 Å². The van der Waals surface area contributed by atoms with Crippen LogP contribution in [0.1, 0.15) is 135 Å². The van der Waals surface area contributed by atoms with Gasteiger partial charge in [0.2, 0.25) is 0 Å². The summed E-state index contributed by atoms with van der Waals surface area (Å²) in [4.78, 5) is 11.8. The Morgan fingerprint density at radius 3 is 1.83 bits per heavy atom. The van der Waals surface area contributed by atoms with Gasteiger partial charge >= 0.3 is 6.16 Å². The predicted molar refractivity (Wildman–Crippen MR) is 125 cm³/mol. The lowest BCUT2D eigenvalue weighted by Gasteiger charge is -2.14. The molecule has 30 heavy (non-hydrogen) atoms. The van der Waals surface area contributed by atoms with E-state index in [0.717, 1.165) is 19.3 Å². The van der Waals surface area contributed by atoms with E-state index in [1.165, 1.54) is 109 Å². The lowest BCUT2D eigenvalue weighted by Crippen LogP contribution is -2.33. The quantitative estimate of drug-likeness (QED) is 0.180. The van der Waals surface area contributed by atoms with Crippen molar-refractivity contribution in [2.45, 2.75) is 148 Å². The summed E-state index contributed by atoms with van der Waals surface area (Å²) in [7, 11) is 0. The van der Waals surface area contributed by atoms with Crippen LogP contribution in [0.3, 0.4) is 0 Å². The molecule has 0 bridgehead atoms. The number of fused-ring (bicyclic) bond motifs is 1. The average molecular weight is 424 g/mol. The molecule has 0 amide bonds. The number of carbonyl (C=O) groups is 1. The Kier molecular flexibility index (Phi) is 14.3. The van der Waals surface area contributed by atoms with Gasteiger partial charge < -0.3 is 9.47 Å². The molecule has 1 heterocycles. The summed E-state index contributed by atoms with van der Waals surface area (Å²) >= 11 is 0. The molecule has 0 spiro atoms. The summed E-state index contributed by atoms with van der Waals surface area (Å²) in [6.45, 7) is 2.78. The van der Waals surface area contributed by atoms with Crippen LogP contribution in [0.15, 0.2) is 0 Å². The fourth-order valence-electron chi connectivity index (χ4n) is 5.16. The number of hydrogen-bond acceptors (Lipinski definition) is 4. The van der Waals surface area contributed by atoms with Crippen molar-refractivity contribution in [3.8, 4) is 0 Å². The summed E-state index contributed by atoms with van der Waals surface area (Å²) in [5.74, 6) is 0.697. The summed E-state index contributed by atoms with van der Waals surface area (Å²) < 4.78 is 10.6. The Bertz CT molecular complexity index is 417. The van der Waals surface area contributed by atoms with Crippen molar-refractivity contribution in [1.29, 1.82) is 0 Å². The van der Waals surface area contributed by atoms with Crippen molar-refractivity contribution >= 4 is 6.16 Å². The van der Waals surface area contributed by atoms with E-state index in [4.69, 9.17) is 9.47 Å². The van der Waals surface area contributed by atoms with Gasteiger partial charge in [-0.05, 0) is 25.2 Å². The molecule has 176 valence electrons. The molecule has 3 atom stereocenters. The van der Waals surface area contributed by atoms with Gasteiger partial charge in [0.05, 0.1) is 6.61 Å². The molecule has 1 N–H and O–H groups in total. The Morgan fingerprint density at radius 1 is 0.767 bits per heavy atom.